The van der Waals surface area contributed by atoms with Gasteiger partial charge in [-0.25, -0.2) is 4.98 Å². The molecular formula is C24H27N9O. The molecule has 5 rings (SSSR count). The Hall–Kier alpha value is -4.21. The molecule has 1 aliphatic heterocycles. The molecule has 3 heterocycles. The number of fused-ring (bicyclic) bond motifs is 4. The maximum Gasteiger partial charge on any atom is 0.253 e. The molecule has 6 bridgehead atoms. The number of hydrogen-bond donors (Lipinski definition) is 5. The van der Waals surface area contributed by atoms with Crippen molar-refractivity contribution in [2.45, 2.75) is 19.3 Å². The lowest BCUT2D eigenvalue weighted by Gasteiger charge is -2.15. The lowest BCUT2D eigenvalue weighted by Crippen LogP contribution is -2.25. The molecule has 10 nitrogen and oxygen atoms in total. The number of pyridine rings is 1. The van der Waals surface area contributed by atoms with E-state index in [0.717, 1.165) is 41.2 Å². The van der Waals surface area contributed by atoms with E-state index in [1.54, 1.807) is 0 Å². The molecule has 1 amide bonds. The highest BCUT2D eigenvalue weighted by Gasteiger charge is 2.16. The van der Waals surface area contributed by atoms with Gasteiger partial charge in [-0.15, -0.1) is 0 Å². The second kappa shape index (κ2) is 9.74. The van der Waals surface area contributed by atoms with Crippen molar-refractivity contribution in [2.24, 2.45) is 0 Å². The van der Waals surface area contributed by atoms with Crippen molar-refractivity contribution >= 4 is 51.2 Å². The van der Waals surface area contributed by atoms with Gasteiger partial charge in [0.25, 0.3) is 5.91 Å². The Morgan fingerprint density at radius 1 is 0.676 bits per heavy atom. The Bertz CT molecular complexity index is 1340. The molecule has 0 unspecified atom stereocenters. The number of rotatable bonds is 0. The zero-order chi connectivity index (χ0) is 23.3. The maximum atomic E-state index is 13.0. The molecule has 34 heavy (non-hydrogen) atoms. The molecular weight excluding hydrogens is 430 g/mol. The van der Waals surface area contributed by atoms with E-state index in [1.807, 2.05) is 42.5 Å². The Balaban J connectivity index is 1.48. The van der Waals surface area contributed by atoms with Crippen LogP contribution in [-0.2, 0) is 0 Å². The van der Waals surface area contributed by atoms with Gasteiger partial charge in [-0.05, 0) is 31.4 Å². The first-order chi connectivity index (χ1) is 16.7. The lowest BCUT2D eigenvalue weighted by atomic mass is 10.0. The van der Waals surface area contributed by atoms with E-state index in [9.17, 15) is 4.79 Å². The SMILES string of the molecule is Nc1nc2nc(n1)NCCCNc1c3ccccc3nc3c(cccc13)C(=O)NCCCCN2. The van der Waals surface area contributed by atoms with Crippen LogP contribution in [0.25, 0.3) is 21.8 Å². The number of nitrogens with zero attached hydrogens (tertiary/aromatic N) is 4. The Kier molecular flexibility index (Phi) is 6.19. The summed E-state index contributed by atoms with van der Waals surface area (Å²) >= 11 is 0. The monoisotopic (exact) mass is 457 g/mol. The lowest BCUT2D eigenvalue weighted by molar-refractivity contribution is 0.0954. The molecule has 0 fully saturated rings. The number of anilines is 4. The van der Waals surface area contributed by atoms with Gasteiger partial charge in [0.2, 0.25) is 17.8 Å². The molecule has 2 aromatic heterocycles. The fourth-order valence-corrected chi connectivity index (χ4v) is 4.09. The zero-order valence-corrected chi connectivity index (χ0v) is 18.8. The summed E-state index contributed by atoms with van der Waals surface area (Å²) in [6, 6.07) is 13.7. The maximum absolute atomic E-state index is 13.0. The number of nitrogens with two attached hydrogens (primary N) is 1. The van der Waals surface area contributed by atoms with Crippen molar-refractivity contribution < 1.29 is 4.79 Å². The Morgan fingerprint density at radius 3 is 2.18 bits per heavy atom. The quantitative estimate of drug-likeness (QED) is 0.252. The van der Waals surface area contributed by atoms with Gasteiger partial charge in [-0.1, -0.05) is 30.3 Å². The van der Waals surface area contributed by atoms with E-state index in [-0.39, 0.29) is 11.9 Å². The predicted molar refractivity (Wildman–Crippen MR) is 135 cm³/mol. The number of benzene rings is 2. The van der Waals surface area contributed by atoms with Crippen LogP contribution >= 0.6 is 0 Å². The van der Waals surface area contributed by atoms with Crippen LogP contribution in [0.2, 0.25) is 0 Å². The standard InChI is InChI=1S/C24H27N9O/c25-22-31-23-28-12-4-3-11-27-21(34)17-9-5-8-16-19(26-13-6-14-29-24(32-22)33-23)15-7-1-2-10-18(15)30-20(16)17/h1-2,5,7-10,26H,3-4,6,11-14H2,(H,27,34)(H4,25,28,29,31,32,33). The molecule has 10 heteroatoms. The van der Waals surface area contributed by atoms with Gasteiger partial charge < -0.3 is 27.0 Å². The van der Waals surface area contributed by atoms with Crippen LogP contribution in [0.4, 0.5) is 23.5 Å². The van der Waals surface area contributed by atoms with Crippen molar-refractivity contribution in [1.29, 1.82) is 0 Å². The average molecular weight is 458 g/mol. The number of nitrogens with one attached hydrogen (secondary N) is 4. The third-order valence-corrected chi connectivity index (χ3v) is 5.72. The third kappa shape index (κ3) is 4.61. The van der Waals surface area contributed by atoms with E-state index < -0.39 is 0 Å². The number of amides is 1. The van der Waals surface area contributed by atoms with Crippen molar-refractivity contribution in [3.05, 3.63) is 48.0 Å². The summed E-state index contributed by atoms with van der Waals surface area (Å²) in [7, 11) is 0. The van der Waals surface area contributed by atoms with Gasteiger partial charge in [-0.3, -0.25) is 4.79 Å². The van der Waals surface area contributed by atoms with Gasteiger partial charge in [0.05, 0.1) is 22.3 Å². The summed E-state index contributed by atoms with van der Waals surface area (Å²) in [5, 5.41) is 14.9. The molecule has 2 aromatic carbocycles. The van der Waals surface area contributed by atoms with Crippen molar-refractivity contribution in [3.63, 3.8) is 0 Å². The Labute approximate surface area is 196 Å². The fraction of sp³-hybridized carbons (Fsp3) is 0.292. The molecule has 0 aliphatic carbocycles. The van der Waals surface area contributed by atoms with Crippen LogP contribution < -0.4 is 27.0 Å². The summed E-state index contributed by atoms with van der Waals surface area (Å²) < 4.78 is 0. The highest BCUT2D eigenvalue weighted by Crippen LogP contribution is 2.32. The Morgan fingerprint density at radius 2 is 1.35 bits per heavy atom. The molecule has 6 N–H and O–H groups in total. The van der Waals surface area contributed by atoms with Gasteiger partial charge in [-0.2, -0.15) is 15.0 Å². The van der Waals surface area contributed by atoms with Crippen molar-refractivity contribution in [2.75, 3.05) is 47.9 Å². The molecule has 0 atom stereocenters. The van der Waals surface area contributed by atoms with Gasteiger partial charge >= 0.3 is 0 Å². The van der Waals surface area contributed by atoms with E-state index >= 15 is 0 Å². The number of carbonyl (C=O) groups is 1. The summed E-state index contributed by atoms with van der Waals surface area (Å²) in [6.07, 6.45) is 2.45. The highest BCUT2D eigenvalue weighted by molar-refractivity contribution is 6.14. The topological polar surface area (TPSA) is 143 Å². The normalized spacial score (nSPS) is 15.4. The minimum atomic E-state index is -0.121. The van der Waals surface area contributed by atoms with Crippen LogP contribution in [-0.4, -0.2) is 52.0 Å². The molecule has 174 valence electrons. The van der Waals surface area contributed by atoms with Crippen LogP contribution in [0.3, 0.4) is 0 Å². The smallest absolute Gasteiger partial charge is 0.253 e. The third-order valence-electron chi connectivity index (χ3n) is 5.72. The highest BCUT2D eigenvalue weighted by atomic mass is 16.1. The van der Waals surface area contributed by atoms with Crippen LogP contribution in [0, 0.1) is 0 Å². The number of para-hydroxylation sites is 2. The van der Waals surface area contributed by atoms with Crippen molar-refractivity contribution in [3.8, 4) is 0 Å². The van der Waals surface area contributed by atoms with Crippen molar-refractivity contribution in [1.82, 2.24) is 25.3 Å². The van der Waals surface area contributed by atoms with E-state index in [4.69, 9.17) is 10.7 Å². The minimum Gasteiger partial charge on any atom is -0.384 e. The van der Waals surface area contributed by atoms with Gasteiger partial charge in [0.1, 0.15) is 0 Å². The molecule has 0 spiro atoms. The summed E-state index contributed by atoms with van der Waals surface area (Å²) in [5.74, 6) is 0.936. The van der Waals surface area contributed by atoms with Gasteiger partial charge in [0.15, 0.2) is 0 Å². The first-order valence-electron chi connectivity index (χ1n) is 11.5. The number of carbonyl (C=O) groups excluding carboxylic acids is 1. The number of nitrogen functional groups attached to an aromatic ring is 1. The van der Waals surface area contributed by atoms with E-state index in [2.05, 4.69) is 36.2 Å². The largest absolute Gasteiger partial charge is 0.384 e. The fourth-order valence-electron chi connectivity index (χ4n) is 4.09. The second-order valence-electron chi connectivity index (χ2n) is 8.14. The molecule has 0 saturated heterocycles. The predicted octanol–water partition coefficient (Wildman–Crippen LogP) is 3.00. The average Bonchev–Trinajstić information content (AvgIpc) is 2.84. The van der Waals surface area contributed by atoms with Gasteiger partial charge in [0, 0.05) is 37.0 Å². The zero-order valence-electron chi connectivity index (χ0n) is 18.8. The van der Waals surface area contributed by atoms with E-state index in [1.165, 1.54) is 0 Å². The molecule has 0 radical (unpaired) electrons. The first kappa shape index (κ1) is 21.6. The molecule has 1 aliphatic rings. The summed E-state index contributed by atoms with van der Waals surface area (Å²) in [5.41, 5.74) is 8.94. The summed E-state index contributed by atoms with van der Waals surface area (Å²) in [6.45, 7) is 2.58. The van der Waals surface area contributed by atoms with Crippen LogP contribution in [0.1, 0.15) is 29.6 Å². The minimum absolute atomic E-state index is 0.121. The number of aromatic nitrogens is 4. The second-order valence-corrected chi connectivity index (χ2v) is 8.14. The molecule has 4 aromatic rings. The first-order valence-corrected chi connectivity index (χ1v) is 11.5. The molecule has 0 saturated carbocycles. The summed E-state index contributed by atoms with van der Waals surface area (Å²) in [4.78, 5) is 30.6. The number of hydrogen-bond acceptors (Lipinski definition) is 9. The van der Waals surface area contributed by atoms with Crippen LogP contribution in [0.5, 0.6) is 0 Å². The van der Waals surface area contributed by atoms with Crippen LogP contribution in [0.15, 0.2) is 42.5 Å². The van der Waals surface area contributed by atoms with E-state index in [0.29, 0.717) is 49.2 Å².